The average Bonchev–Trinajstić information content (AvgIpc) is 1.95. The number of rotatable bonds is 2. The fourth-order valence-electron chi connectivity index (χ4n) is 0.833. The summed E-state index contributed by atoms with van der Waals surface area (Å²) in [5.41, 5.74) is 1.06. The number of hydrogen-bond donors (Lipinski definition) is 1. The van der Waals surface area contributed by atoms with Crippen LogP contribution in [-0.4, -0.2) is 38.1 Å². The predicted octanol–water partition coefficient (Wildman–Crippen LogP) is 0.120. The molecule has 0 aliphatic carbocycles. The molecule has 1 aliphatic rings. The van der Waals surface area contributed by atoms with Crippen molar-refractivity contribution in [3.8, 4) is 0 Å². The van der Waals surface area contributed by atoms with Gasteiger partial charge >= 0.3 is 0 Å². The molecule has 1 heterocycles. The number of hydrogen-bond acceptors (Lipinski definition) is 3. The first-order valence-electron chi connectivity index (χ1n) is 3.54. The first-order chi connectivity index (χ1) is 4.83. The summed E-state index contributed by atoms with van der Waals surface area (Å²) in [5, 5.41) is 3.03. The lowest BCUT2D eigenvalue weighted by molar-refractivity contribution is 0.748. The summed E-state index contributed by atoms with van der Waals surface area (Å²) in [7, 11) is 1.91. The van der Waals surface area contributed by atoms with E-state index in [9.17, 15) is 0 Å². The minimum Gasteiger partial charge on any atom is -0.314 e. The van der Waals surface area contributed by atoms with Crippen LogP contribution in [0, 0.1) is 0 Å². The van der Waals surface area contributed by atoms with E-state index < -0.39 is 0 Å². The lowest BCUT2D eigenvalue weighted by Gasteiger charge is -2.09. The molecular weight excluding hydrogens is 126 g/mol. The molecule has 0 saturated heterocycles. The number of aliphatic imine (C=N–C) groups is 2. The van der Waals surface area contributed by atoms with Gasteiger partial charge in [0.2, 0.25) is 0 Å². The third kappa shape index (κ3) is 1.92. The second-order valence-corrected chi connectivity index (χ2v) is 2.49. The summed E-state index contributed by atoms with van der Waals surface area (Å²) in [6, 6.07) is 0.376. The van der Waals surface area contributed by atoms with Crippen molar-refractivity contribution in [3.05, 3.63) is 0 Å². The highest BCUT2D eigenvalue weighted by molar-refractivity contribution is 6.32. The minimum atomic E-state index is 0.376. The molecule has 3 nitrogen and oxygen atoms in total. The molecule has 0 amide bonds. The van der Waals surface area contributed by atoms with Gasteiger partial charge in [0.15, 0.2) is 0 Å². The van der Waals surface area contributed by atoms with Gasteiger partial charge < -0.3 is 5.32 Å². The van der Waals surface area contributed by atoms with Crippen LogP contribution in [0.5, 0.6) is 0 Å². The molecule has 0 aromatic rings. The van der Waals surface area contributed by atoms with E-state index in [-0.39, 0.29) is 0 Å². The number of nitrogens with one attached hydrogen (secondary N) is 1. The minimum absolute atomic E-state index is 0.376. The van der Waals surface area contributed by atoms with Crippen molar-refractivity contribution in [2.24, 2.45) is 9.98 Å². The van der Waals surface area contributed by atoms with Gasteiger partial charge in [-0.3, -0.25) is 9.98 Å². The van der Waals surface area contributed by atoms with Crippen LogP contribution in [0.25, 0.3) is 0 Å². The van der Waals surface area contributed by atoms with Crippen molar-refractivity contribution in [2.45, 2.75) is 13.0 Å². The Morgan fingerprint density at radius 1 is 1.80 bits per heavy atom. The molecule has 0 aromatic carbocycles. The van der Waals surface area contributed by atoms with Gasteiger partial charge in [-0.1, -0.05) is 0 Å². The zero-order chi connectivity index (χ0) is 7.40. The maximum absolute atomic E-state index is 4.31. The number of nitrogens with zero attached hydrogens (tertiary/aromatic N) is 2. The van der Waals surface area contributed by atoms with Gasteiger partial charge in [-0.25, -0.2) is 0 Å². The van der Waals surface area contributed by atoms with E-state index in [2.05, 4.69) is 22.2 Å². The Labute approximate surface area is 61.3 Å². The van der Waals surface area contributed by atoms with Gasteiger partial charge in [-0.05, 0) is 14.0 Å². The highest BCUT2D eigenvalue weighted by Crippen LogP contribution is 1.94. The van der Waals surface area contributed by atoms with Gasteiger partial charge in [0, 0.05) is 12.8 Å². The highest BCUT2D eigenvalue weighted by Gasteiger charge is 2.03. The average molecular weight is 139 g/mol. The fourth-order valence-corrected chi connectivity index (χ4v) is 0.833. The summed E-state index contributed by atoms with van der Waals surface area (Å²) in [6.07, 6.45) is 1.85. The highest BCUT2D eigenvalue weighted by atomic mass is 14.9. The summed E-state index contributed by atoms with van der Waals surface area (Å²) in [4.78, 5) is 8.54. The maximum atomic E-state index is 4.31. The van der Waals surface area contributed by atoms with E-state index in [4.69, 9.17) is 0 Å². The summed E-state index contributed by atoms with van der Waals surface area (Å²) in [6.45, 7) is 3.74. The smallest absolute Gasteiger partial charge is 0.0667 e. The first kappa shape index (κ1) is 7.41. The van der Waals surface area contributed by atoms with Crippen molar-refractivity contribution >= 4 is 11.9 Å². The lowest BCUT2D eigenvalue weighted by Crippen LogP contribution is -2.24. The van der Waals surface area contributed by atoms with Gasteiger partial charge in [0.1, 0.15) is 0 Å². The summed E-state index contributed by atoms with van der Waals surface area (Å²) < 4.78 is 0. The van der Waals surface area contributed by atoms with E-state index in [1.54, 1.807) is 0 Å². The van der Waals surface area contributed by atoms with Crippen LogP contribution in [0.15, 0.2) is 9.98 Å². The van der Waals surface area contributed by atoms with Crippen LogP contribution >= 0.6 is 0 Å². The Morgan fingerprint density at radius 3 is 3.10 bits per heavy atom. The van der Waals surface area contributed by atoms with Crippen LogP contribution in [0.3, 0.4) is 0 Å². The van der Waals surface area contributed by atoms with Crippen molar-refractivity contribution in [2.75, 3.05) is 20.1 Å². The van der Waals surface area contributed by atoms with Crippen molar-refractivity contribution in [1.29, 1.82) is 0 Å². The zero-order valence-corrected chi connectivity index (χ0v) is 6.46. The molecule has 10 heavy (non-hydrogen) atoms. The van der Waals surface area contributed by atoms with Crippen molar-refractivity contribution in [1.82, 2.24) is 5.32 Å². The second kappa shape index (κ2) is 3.46. The topological polar surface area (TPSA) is 36.8 Å². The van der Waals surface area contributed by atoms with E-state index in [1.165, 1.54) is 0 Å². The van der Waals surface area contributed by atoms with E-state index in [0.717, 1.165) is 18.8 Å². The molecule has 1 rings (SSSR count). The van der Waals surface area contributed by atoms with Crippen LogP contribution in [0.2, 0.25) is 0 Å². The third-order valence-corrected chi connectivity index (χ3v) is 1.39. The third-order valence-electron chi connectivity index (χ3n) is 1.39. The van der Waals surface area contributed by atoms with E-state index in [1.807, 2.05) is 13.3 Å². The molecular formula is C7H13N3. The van der Waals surface area contributed by atoms with Gasteiger partial charge in [-0.2, -0.15) is 0 Å². The molecule has 0 aromatic heterocycles. The van der Waals surface area contributed by atoms with Crippen LogP contribution in [-0.2, 0) is 0 Å². The Kier molecular flexibility index (Phi) is 2.57. The normalized spacial score (nSPS) is 24.6. The molecule has 3 heteroatoms. The zero-order valence-electron chi connectivity index (χ0n) is 6.46. The van der Waals surface area contributed by atoms with Crippen LogP contribution in [0.1, 0.15) is 6.92 Å². The molecule has 0 fully saturated rings. The Bertz CT molecular complexity index is 160. The van der Waals surface area contributed by atoms with Crippen molar-refractivity contribution < 1.29 is 0 Å². The molecule has 0 spiro atoms. The largest absolute Gasteiger partial charge is 0.314 e. The van der Waals surface area contributed by atoms with Crippen LogP contribution < -0.4 is 5.32 Å². The lowest BCUT2D eigenvalue weighted by atomic mass is 10.3. The summed E-state index contributed by atoms with van der Waals surface area (Å²) >= 11 is 0. The predicted molar refractivity (Wildman–Crippen MR) is 44.2 cm³/mol. The van der Waals surface area contributed by atoms with Gasteiger partial charge in [0.25, 0.3) is 0 Å². The monoisotopic (exact) mass is 139 g/mol. The molecule has 1 unspecified atom stereocenters. The Balaban J connectivity index is 2.42. The van der Waals surface area contributed by atoms with E-state index in [0.29, 0.717) is 6.04 Å². The standard InChI is InChI=1S/C7H13N3/c1-6-3-10-7(4-8-2)5-9-6/h5-6,8H,3-4H2,1-2H3. The molecule has 56 valence electrons. The first-order valence-corrected chi connectivity index (χ1v) is 3.54. The molecule has 0 saturated carbocycles. The van der Waals surface area contributed by atoms with Gasteiger partial charge in [-0.15, -0.1) is 0 Å². The van der Waals surface area contributed by atoms with Gasteiger partial charge in [0.05, 0.1) is 18.3 Å². The Morgan fingerprint density at radius 2 is 2.60 bits per heavy atom. The van der Waals surface area contributed by atoms with E-state index >= 15 is 0 Å². The maximum Gasteiger partial charge on any atom is 0.0667 e. The molecule has 0 bridgehead atoms. The molecule has 1 N–H and O–H groups in total. The quantitative estimate of drug-likeness (QED) is 0.579. The molecule has 1 aliphatic heterocycles. The van der Waals surface area contributed by atoms with Crippen molar-refractivity contribution in [3.63, 3.8) is 0 Å². The fraction of sp³-hybridized carbons (Fsp3) is 0.714. The molecule has 1 atom stereocenters. The summed E-state index contributed by atoms with van der Waals surface area (Å²) in [5.74, 6) is 0. The Hall–Kier alpha value is -0.700. The SMILES string of the molecule is CNCC1=NCC(C)N=C1. The molecule has 0 radical (unpaired) electrons. The second-order valence-electron chi connectivity index (χ2n) is 2.49. The van der Waals surface area contributed by atoms with Crippen LogP contribution in [0.4, 0.5) is 0 Å².